The lowest BCUT2D eigenvalue weighted by atomic mass is 9.86. The number of carbonyl (C=O) groups excluding carboxylic acids is 1. The minimum Gasteiger partial charge on any atom is -0.508 e. The number of fused-ring (bicyclic) bond motifs is 3. The Bertz CT molecular complexity index is 433. The van der Waals surface area contributed by atoms with E-state index in [1.54, 1.807) is 0 Å². The van der Waals surface area contributed by atoms with Gasteiger partial charge in [0.25, 0.3) is 0 Å². The number of aliphatic hydroxyl groups excluding tert-OH is 1. The van der Waals surface area contributed by atoms with Gasteiger partial charge in [-0.15, -0.1) is 0 Å². The third kappa shape index (κ3) is 1.48. The largest absolute Gasteiger partial charge is 0.508 e. The zero-order chi connectivity index (χ0) is 12.2. The van der Waals surface area contributed by atoms with Crippen molar-refractivity contribution in [1.82, 2.24) is 0 Å². The number of aliphatic hydroxyl groups is 1. The van der Waals surface area contributed by atoms with Crippen LogP contribution in [-0.4, -0.2) is 17.2 Å². The quantitative estimate of drug-likeness (QED) is 0.517. The van der Waals surface area contributed by atoms with Gasteiger partial charge in [-0.1, -0.05) is 0 Å². The SMILES string of the molecule is CC1=C2[C@H]3OC(=O)C[C@@H]3CC[C+](C)[C@H]2C=C1O. The second-order valence-electron chi connectivity index (χ2n) is 5.37. The van der Waals surface area contributed by atoms with Crippen LogP contribution in [0.4, 0.5) is 0 Å². The van der Waals surface area contributed by atoms with E-state index < -0.39 is 0 Å². The molecule has 17 heavy (non-hydrogen) atoms. The van der Waals surface area contributed by atoms with Crippen molar-refractivity contribution in [2.75, 3.05) is 0 Å². The van der Waals surface area contributed by atoms with E-state index in [9.17, 15) is 9.90 Å². The Morgan fingerprint density at radius 1 is 1.53 bits per heavy atom. The number of hydrogen-bond donors (Lipinski definition) is 1. The van der Waals surface area contributed by atoms with Gasteiger partial charge in [0.15, 0.2) is 0 Å². The van der Waals surface area contributed by atoms with Gasteiger partial charge >= 0.3 is 5.97 Å². The van der Waals surface area contributed by atoms with Gasteiger partial charge in [-0.3, -0.25) is 4.79 Å². The van der Waals surface area contributed by atoms with Crippen molar-refractivity contribution in [3.05, 3.63) is 28.9 Å². The molecule has 3 atom stereocenters. The van der Waals surface area contributed by atoms with Gasteiger partial charge in [-0.05, 0) is 18.9 Å². The van der Waals surface area contributed by atoms with Crippen LogP contribution >= 0.6 is 0 Å². The van der Waals surface area contributed by atoms with Gasteiger partial charge in [-0.25, -0.2) is 0 Å². The lowest BCUT2D eigenvalue weighted by molar-refractivity contribution is -0.140. The molecule has 1 heterocycles. The van der Waals surface area contributed by atoms with E-state index in [-0.39, 0.29) is 18.0 Å². The highest BCUT2D eigenvalue weighted by Crippen LogP contribution is 2.48. The van der Waals surface area contributed by atoms with E-state index >= 15 is 0 Å². The fourth-order valence-corrected chi connectivity index (χ4v) is 3.30. The van der Waals surface area contributed by atoms with Crippen LogP contribution in [0.2, 0.25) is 0 Å². The molecule has 0 aromatic carbocycles. The first kappa shape index (κ1) is 10.8. The Balaban J connectivity index is 2.04. The Hall–Kier alpha value is -1.38. The monoisotopic (exact) mass is 233 g/mol. The summed E-state index contributed by atoms with van der Waals surface area (Å²) in [5, 5.41) is 9.87. The van der Waals surface area contributed by atoms with E-state index in [4.69, 9.17) is 4.74 Å². The molecule has 0 aromatic heterocycles. The smallest absolute Gasteiger partial charge is 0.306 e. The van der Waals surface area contributed by atoms with Gasteiger partial charge in [0.2, 0.25) is 0 Å². The predicted molar refractivity (Wildman–Crippen MR) is 63.0 cm³/mol. The first-order valence-corrected chi connectivity index (χ1v) is 6.21. The topological polar surface area (TPSA) is 46.5 Å². The molecule has 3 aliphatic rings. The molecule has 2 aliphatic carbocycles. The number of hydrogen-bond acceptors (Lipinski definition) is 3. The maximum absolute atomic E-state index is 11.4. The average Bonchev–Trinajstić information content (AvgIpc) is 2.74. The fraction of sp³-hybridized carbons (Fsp3) is 0.571. The second-order valence-corrected chi connectivity index (χ2v) is 5.37. The second kappa shape index (κ2) is 3.56. The standard InChI is InChI=1S/C14H16O3/c1-7-3-4-9-5-12(16)17-14(9)13-8(2)11(15)6-10(7)13/h6,9-10,14H,3-5H2,1-2H3/p+1/t9-,10+,14-/m0/s1. The molecule has 3 rings (SSSR count). The molecule has 90 valence electrons. The molecule has 0 unspecified atom stereocenters. The van der Waals surface area contributed by atoms with E-state index in [0.29, 0.717) is 18.1 Å². The van der Waals surface area contributed by atoms with Crippen molar-refractivity contribution in [3.8, 4) is 0 Å². The number of ether oxygens (including phenoxy) is 1. The van der Waals surface area contributed by atoms with Gasteiger partial charge < -0.3 is 9.84 Å². The summed E-state index contributed by atoms with van der Waals surface area (Å²) < 4.78 is 5.47. The lowest BCUT2D eigenvalue weighted by Crippen LogP contribution is -2.21. The van der Waals surface area contributed by atoms with E-state index in [0.717, 1.165) is 24.0 Å². The highest BCUT2D eigenvalue weighted by molar-refractivity contribution is 5.73. The van der Waals surface area contributed by atoms with Gasteiger partial charge in [0, 0.05) is 17.6 Å². The summed E-state index contributed by atoms with van der Waals surface area (Å²) in [6.07, 6.45) is 4.36. The van der Waals surface area contributed by atoms with Crippen LogP contribution in [0, 0.1) is 17.8 Å². The molecule has 1 saturated heterocycles. The van der Waals surface area contributed by atoms with Crippen molar-refractivity contribution >= 4 is 5.97 Å². The molecular weight excluding hydrogens is 216 g/mol. The number of allylic oxidation sites excluding steroid dienone is 2. The summed E-state index contributed by atoms with van der Waals surface area (Å²) in [6.45, 7) is 4.05. The van der Waals surface area contributed by atoms with Gasteiger partial charge in [0.1, 0.15) is 17.8 Å². The Kier molecular flexibility index (Phi) is 2.25. The summed E-state index contributed by atoms with van der Waals surface area (Å²) in [5.41, 5.74) is 2.02. The molecule has 0 amide bonds. The van der Waals surface area contributed by atoms with Crippen LogP contribution in [0.25, 0.3) is 0 Å². The van der Waals surface area contributed by atoms with Crippen LogP contribution in [-0.2, 0) is 9.53 Å². The minimum absolute atomic E-state index is 0.0926. The highest BCUT2D eigenvalue weighted by atomic mass is 16.6. The summed E-state index contributed by atoms with van der Waals surface area (Å²) in [4.78, 5) is 11.4. The van der Waals surface area contributed by atoms with Crippen molar-refractivity contribution in [2.24, 2.45) is 11.8 Å². The Morgan fingerprint density at radius 3 is 3.06 bits per heavy atom. The van der Waals surface area contributed by atoms with Gasteiger partial charge in [-0.2, -0.15) is 0 Å². The summed E-state index contributed by atoms with van der Waals surface area (Å²) >= 11 is 0. The predicted octanol–water partition coefficient (Wildman–Crippen LogP) is 2.69. The van der Waals surface area contributed by atoms with Crippen LogP contribution in [0.1, 0.15) is 33.1 Å². The molecule has 0 spiro atoms. The molecule has 0 bridgehead atoms. The Labute approximate surface area is 101 Å². The molecule has 0 radical (unpaired) electrons. The summed E-state index contributed by atoms with van der Waals surface area (Å²) in [5.74, 6) is 2.11. The highest BCUT2D eigenvalue weighted by Gasteiger charge is 2.50. The molecular formula is C14H17O3+. The normalized spacial score (nSPS) is 36.4. The molecule has 1 aliphatic heterocycles. The van der Waals surface area contributed by atoms with Crippen molar-refractivity contribution in [3.63, 3.8) is 0 Å². The van der Waals surface area contributed by atoms with Crippen molar-refractivity contribution in [2.45, 2.75) is 39.2 Å². The molecule has 2 fully saturated rings. The third-order valence-electron chi connectivity index (χ3n) is 4.34. The molecule has 1 N–H and O–H groups in total. The first-order valence-electron chi connectivity index (χ1n) is 6.21. The Morgan fingerprint density at radius 2 is 2.29 bits per heavy atom. The van der Waals surface area contributed by atoms with Crippen LogP contribution in [0.15, 0.2) is 23.0 Å². The summed E-state index contributed by atoms with van der Waals surface area (Å²) in [7, 11) is 0. The van der Waals surface area contributed by atoms with Crippen LogP contribution < -0.4 is 0 Å². The molecule has 3 heteroatoms. The zero-order valence-corrected chi connectivity index (χ0v) is 10.2. The van der Waals surface area contributed by atoms with Crippen molar-refractivity contribution < 1.29 is 14.6 Å². The number of rotatable bonds is 0. The van der Waals surface area contributed by atoms with E-state index in [1.165, 1.54) is 5.92 Å². The van der Waals surface area contributed by atoms with Crippen LogP contribution in [0.3, 0.4) is 0 Å². The maximum atomic E-state index is 11.4. The fourth-order valence-electron chi connectivity index (χ4n) is 3.30. The molecule has 0 aromatic rings. The summed E-state index contributed by atoms with van der Waals surface area (Å²) in [6, 6.07) is 0. The zero-order valence-electron chi connectivity index (χ0n) is 10.2. The van der Waals surface area contributed by atoms with Gasteiger partial charge in [0.05, 0.1) is 25.7 Å². The van der Waals surface area contributed by atoms with Crippen LogP contribution in [0.5, 0.6) is 0 Å². The molecule has 3 nitrogen and oxygen atoms in total. The third-order valence-corrected chi connectivity index (χ3v) is 4.34. The van der Waals surface area contributed by atoms with Crippen molar-refractivity contribution in [1.29, 1.82) is 0 Å². The first-order chi connectivity index (χ1) is 8.08. The lowest BCUT2D eigenvalue weighted by Gasteiger charge is -2.18. The average molecular weight is 233 g/mol. The van der Waals surface area contributed by atoms with E-state index in [1.807, 2.05) is 13.0 Å². The molecule has 1 saturated carbocycles. The van der Waals surface area contributed by atoms with E-state index in [2.05, 4.69) is 6.92 Å². The number of esters is 1. The maximum Gasteiger partial charge on any atom is 0.306 e. The number of carbonyl (C=O) groups is 1. The minimum atomic E-state index is -0.106.